The Labute approximate surface area is 144 Å². The molecule has 2 heterocycles. The number of benzene rings is 2. The first-order valence-electron chi connectivity index (χ1n) is 7.77. The van der Waals surface area contributed by atoms with Crippen molar-refractivity contribution in [1.29, 1.82) is 0 Å². The summed E-state index contributed by atoms with van der Waals surface area (Å²) in [5.41, 5.74) is 2.92. The van der Waals surface area contributed by atoms with E-state index in [4.69, 9.17) is 4.42 Å². The predicted molar refractivity (Wildman–Crippen MR) is 94.0 cm³/mol. The van der Waals surface area contributed by atoms with Crippen LogP contribution in [0.1, 0.15) is 24.3 Å². The van der Waals surface area contributed by atoms with Gasteiger partial charge in [-0.3, -0.25) is 9.52 Å². The molecule has 128 valence electrons. The Bertz CT molecular complexity index is 1060. The highest BCUT2D eigenvalue weighted by Gasteiger charge is 2.36. The van der Waals surface area contributed by atoms with E-state index in [-0.39, 0.29) is 17.6 Å². The molecule has 0 saturated heterocycles. The Morgan fingerprint density at radius 1 is 1.24 bits per heavy atom. The lowest BCUT2D eigenvalue weighted by atomic mass is 10.0. The van der Waals surface area contributed by atoms with Gasteiger partial charge in [0, 0.05) is 11.4 Å². The molecule has 0 bridgehead atoms. The topological polar surface area (TPSA) is 101 Å². The van der Waals surface area contributed by atoms with Crippen LogP contribution in [0.5, 0.6) is 0 Å². The fraction of sp³-hybridized carbons (Fsp3) is 0.176. The second-order valence-corrected chi connectivity index (χ2v) is 7.76. The number of carbonyl (C=O) groups is 1. The molecule has 0 spiro atoms. The highest BCUT2D eigenvalue weighted by Crippen LogP contribution is 2.39. The van der Waals surface area contributed by atoms with Crippen molar-refractivity contribution < 1.29 is 17.6 Å². The minimum atomic E-state index is -3.40. The Balaban J connectivity index is 1.77. The van der Waals surface area contributed by atoms with Gasteiger partial charge in [-0.05, 0) is 42.8 Å². The number of hydrogen-bond acceptors (Lipinski definition) is 5. The summed E-state index contributed by atoms with van der Waals surface area (Å²) in [6.07, 6.45) is 0. The highest BCUT2D eigenvalue weighted by atomic mass is 32.2. The van der Waals surface area contributed by atoms with Crippen LogP contribution in [0.25, 0.3) is 11.1 Å². The molecular weight excluding hydrogens is 342 g/mol. The van der Waals surface area contributed by atoms with Crippen molar-refractivity contribution in [2.45, 2.75) is 12.8 Å². The van der Waals surface area contributed by atoms with Crippen LogP contribution in [0, 0.1) is 0 Å². The van der Waals surface area contributed by atoms with Gasteiger partial charge in [0.1, 0.15) is 11.4 Å². The summed E-state index contributed by atoms with van der Waals surface area (Å²) in [6, 6.07) is 12.2. The fourth-order valence-corrected chi connectivity index (χ4v) is 3.47. The molecule has 2 aromatic carbocycles. The van der Waals surface area contributed by atoms with Gasteiger partial charge in [0.25, 0.3) is 0 Å². The minimum absolute atomic E-state index is 0.0319. The molecule has 8 heteroatoms. The molecule has 2 N–H and O–H groups in total. The number of sulfonamides is 1. The molecule has 7 nitrogen and oxygen atoms in total. The van der Waals surface area contributed by atoms with Crippen molar-refractivity contribution in [2.24, 2.45) is 0 Å². The van der Waals surface area contributed by atoms with E-state index in [9.17, 15) is 13.2 Å². The molecule has 0 fully saturated rings. The van der Waals surface area contributed by atoms with Crippen molar-refractivity contribution >= 4 is 38.4 Å². The van der Waals surface area contributed by atoms with E-state index in [1.807, 2.05) is 18.2 Å². The maximum absolute atomic E-state index is 12.4. The number of aromatic nitrogens is 1. The van der Waals surface area contributed by atoms with E-state index in [1.54, 1.807) is 31.2 Å². The van der Waals surface area contributed by atoms with Crippen LogP contribution >= 0.6 is 0 Å². The van der Waals surface area contributed by atoms with E-state index in [0.29, 0.717) is 28.0 Å². The largest absolute Gasteiger partial charge is 0.439 e. The summed E-state index contributed by atoms with van der Waals surface area (Å²) in [7, 11) is -3.40. The van der Waals surface area contributed by atoms with Gasteiger partial charge in [-0.2, -0.15) is 0 Å². The third-order valence-electron chi connectivity index (χ3n) is 4.09. The number of nitrogens with zero attached hydrogens (tertiary/aromatic N) is 1. The third kappa shape index (κ3) is 2.74. The first-order chi connectivity index (χ1) is 12.0. The van der Waals surface area contributed by atoms with Gasteiger partial charge in [-0.25, -0.2) is 13.4 Å². The lowest BCUT2D eigenvalue weighted by Gasteiger charge is -2.09. The lowest BCUT2D eigenvalue weighted by Crippen LogP contribution is -2.15. The van der Waals surface area contributed by atoms with Gasteiger partial charge >= 0.3 is 0 Å². The van der Waals surface area contributed by atoms with Gasteiger partial charge in [0.2, 0.25) is 21.8 Å². The summed E-state index contributed by atoms with van der Waals surface area (Å²) < 4.78 is 31.8. The number of nitrogens with one attached hydrogen (secondary N) is 2. The number of rotatable bonds is 4. The first-order valence-corrected chi connectivity index (χ1v) is 9.43. The van der Waals surface area contributed by atoms with E-state index < -0.39 is 15.9 Å². The molecule has 0 radical (unpaired) electrons. The summed E-state index contributed by atoms with van der Waals surface area (Å²) in [4.78, 5) is 16.8. The minimum Gasteiger partial charge on any atom is -0.439 e. The molecule has 1 aromatic heterocycles. The van der Waals surface area contributed by atoms with Crippen molar-refractivity contribution in [2.75, 3.05) is 15.8 Å². The van der Waals surface area contributed by atoms with Crippen LogP contribution in [0.2, 0.25) is 0 Å². The maximum Gasteiger partial charge on any atom is 0.241 e. The molecule has 1 atom stereocenters. The number of anilines is 2. The van der Waals surface area contributed by atoms with Crippen LogP contribution in [0.15, 0.2) is 46.9 Å². The van der Waals surface area contributed by atoms with Crippen LogP contribution in [0.4, 0.5) is 11.4 Å². The summed E-state index contributed by atoms with van der Waals surface area (Å²) in [6.45, 7) is 1.56. The second kappa shape index (κ2) is 5.59. The van der Waals surface area contributed by atoms with Gasteiger partial charge in [0.15, 0.2) is 5.58 Å². The smallest absolute Gasteiger partial charge is 0.241 e. The van der Waals surface area contributed by atoms with Crippen molar-refractivity contribution in [3.05, 3.63) is 53.9 Å². The highest BCUT2D eigenvalue weighted by molar-refractivity contribution is 7.92. The molecule has 1 aliphatic rings. The number of carbonyl (C=O) groups excluding carboxylic acids is 1. The molecular formula is C17H15N3O4S. The average Bonchev–Trinajstić information content (AvgIpc) is 3.13. The number of amides is 1. The molecule has 1 unspecified atom stereocenters. The van der Waals surface area contributed by atoms with Crippen molar-refractivity contribution in [3.8, 4) is 0 Å². The first kappa shape index (κ1) is 15.6. The normalized spacial score (nSPS) is 16.7. The Hall–Kier alpha value is -2.87. The Kier molecular flexibility index (Phi) is 3.50. The van der Waals surface area contributed by atoms with Crippen LogP contribution in [-0.2, 0) is 14.8 Å². The van der Waals surface area contributed by atoms with E-state index in [1.165, 1.54) is 0 Å². The fourth-order valence-electron chi connectivity index (χ4n) is 2.84. The summed E-state index contributed by atoms with van der Waals surface area (Å²) in [5, 5.41) is 2.78. The van der Waals surface area contributed by atoms with E-state index in [2.05, 4.69) is 15.0 Å². The van der Waals surface area contributed by atoms with Crippen LogP contribution in [0.3, 0.4) is 0 Å². The number of fused-ring (bicyclic) bond motifs is 2. The zero-order valence-electron chi connectivity index (χ0n) is 13.3. The molecule has 25 heavy (non-hydrogen) atoms. The lowest BCUT2D eigenvalue weighted by molar-refractivity contribution is -0.116. The van der Waals surface area contributed by atoms with Crippen molar-refractivity contribution in [3.63, 3.8) is 0 Å². The monoisotopic (exact) mass is 357 g/mol. The zero-order valence-corrected chi connectivity index (χ0v) is 14.1. The van der Waals surface area contributed by atoms with E-state index in [0.717, 1.165) is 0 Å². The van der Waals surface area contributed by atoms with Crippen LogP contribution in [-0.4, -0.2) is 25.1 Å². The average molecular weight is 357 g/mol. The van der Waals surface area contributed by atoms with Crippen LogP contribution < -0.4 is 10.0 Å². The van der Waals surface area contributed by atoms with Crippen molar-refractivity contribution in [1.82, 2.24) is 4.98 Å². The molecule has 0 aliphatic carbocycles. The quantitative estimate of drug-likeness (QED) is 0.747. The predicted octanol–water partition coefficient (Wildman–Crippen LogP) is 2.67. The molecule has 3 aromatic rings. The molecule has 0 saturated carbocycles. The maximum atomic E-state index is 12.4. The third-order valence-corrected chi connectivity index (χ3v) is 5.40. The molecule has 4 rings (SSSR count). The Morgan fingerprint density at radius 3 is 2.80 bits per heavy atom. The SMILES string of the molecule is CCS(=O)(=O)Nc1ccc2c(c1)C(c1nc3ccccc3o1)C(=O)N2. The summed E-state index contributed by atoms with van der Waals surface area (Å²) in [5.74, 6) is -0.714. The van der Waals surface area contributed by atoms with Gasteiger partial charge in [-0.15, -0.1) is 0 Å². The zero-order chi connectivity index (χ0) is 17.6. The second-order valence-electron chi connectivity index (χ2n) is 5.75. The number of para-hydroxylation sites is 2. The number of hydrogen-bond donors (Lipinski definition) is 2. The van der Waals surface area contributed by atoms with E-state index >= 15 is 0 Å². The van der Waals surface area contributed by atoms with Gasteiger partial charge < -0.3 is 9.73 Å². The molecule has 1 amide bonds. The standard InChI is InChI=1S/C17H15N3O4S/c1-2-25(22,23)20-10-7-8-12-11(9-10)15(16(21)18-12)17-19-13-5-3-4-6-14(13)24-17/h3-9,15,20H,2H2,1H3,(H,18,21). The summed E-state index contributed by atoms with van der Waals surface area (Å²) >= 11 is 0. The van der Waals surface area contributed by atoms with Gasteiger partial charge in [0.05, 0.1) is 5.75 Å². The number of oxazole rings is 1. The Morgan fingerprint density at radius 2 is 2.04 bits per heavy atom. The molecule has 1 aliphatic heterocycles. The van der Waals surface area contributed by atoms with Gasteiger partial charge in [-0.1, -0.05) is 12.1 Å².